The minimum atomic E-state index is -0.721. The maximum Gasteiger partial charge on any atom is 0.258 e. The molecule has 2 aromatic rings. The summed E-state index contributed by atoms with van der Waals surface area (Å²) in [5.41, 5.74) is 0.799. The number of rotatable bonds is 3. The lowest BCUT2D eigenvalue weighted by atomic mass is 9.75. The van der Waals surface area contributed by atoms with Crippen molar-refractivity contribution >= 4 is 5.91 Å². The van der Waals surface area contributed by atoms with Crippen molar-refractivity contribution < 1.29 is 14.3 Å². The highest BCUT2D eigenvalue weighted by atomic mass is 19.1. The molecule has 1 aliphatic rings. The van der Waals surface area contributed by atoms with Gasteiger partial charge in [-0.05, 0) is 17.7 Å². The number of aliphatic hydroxyl groups excluding tert-OH is 1. The monoisotopic (exact) mass is 310 g/mol. The zero-order valence-corrected chi connectivity index (χ0v) is 12.3. The largest absolute Gasteiger partial charge is 0.394 e. The summed E-state index contributed by atoms with van der Waals surface area (Å²) in [7, 11) is 0. The van der Waals surface area contributed by atoms with Gasteiger partial charge in [0.2, 0.25) is 0 Å². The molecular formula is C18H15FN2O2. The number of carbonyl (C=O) groups excluding carboxylic acids is 1. The van der Waals surface area contributed by atoms with Crippen molar-refractivity contribution in [3.05, 3.63) is 71.5 Å². The summed E-state index contributed by atoms with van der Waals surface area (Å²) < 4.78 is 13.9. The van der Waals surface area contributed by atoms with Gasteiger partial charge in [-0.25, -0.2) is 4.39 Å². The first-order chi connectivity index (χ1) is 11.2. The van der Waals surface area contributed by atoms with Crippen LogP contribution in [0.3, 0.4) is 0 Å². The number of aliphatic hydroxyl groups is 1. The number of hydrogen-bond acceptors (Lipinski definition) is 3. The first-order valence-corrected chi connectivity index (χ1v) is 7.31. The third kappa shape index (κ3) is 2.47. The smallest absolute Gasteiger partial charge is 0.258 e. The Morgan fingerprint density at radius 3 is 2.43 bits per heavy atom. The van der Waals surface area contributed by atoms with Crippen molar-refractivity contribution in [2.24, 2.45) is 0 Å². The van der Waals surface area contributed by atoms with Gasteiger partial charge in [-0.3, -0.25) is 4.79 Å². The molecule has 4 nitrogen and oxygen atoms in total. The molecule has 23 heavy (non-hydrogen) atoms. The van der Waals surface area contributed by atoms with Gasteiger partial charge in [0, 0.05) is 5.92 Å². The third-order valence-electron chi connectivity index (χ3n) is 4.25. The molecule has 116 valence electrons. The lowest BCUT2D eigenvalue weighted by Gasteiger charge is -2.51. The van der Waals surface area contributed by atoms with Gasteiger partial charge in [0.15, 0.2) is 0 Å². The molecule has 0 unspecified atom stereocenters. The minimum absolute atomic E-state index is 0.0855. The summed E-state index contributed by atoms with van der Waals surface area (Å²) in [6.07, 6.45) is 0. The SMILES string of the molecule is N#C[C@@H]1[C@@H](c2ccccc2)[C@H](CO)N1C(=O)c1ccccc1F. The fourth-order valence-electron chi connectivity index (χ4n) is 3.14. The lowest BCUT2D eigenvalue weighted by Crippen LogP contribution is -2.65. The number of likely N-dealkylation sites (tertiary alicyclic amines) is 1. The highest BCUT2D eigenvalue weighted by molar-refractivity contribution is 5.96. The molecule has 1 saturated heterocycles. The standard InChI is InChI=1S/C18H15FN2O2/c19-14-9-5-4-8-13(14)18(23)21-15(10-20)17(16(21)11-22)12-6-2-1-3-7-12/h1-9,15-17,22H,11H2/t15-,16+,17-/m1/s1. The molecule has 3 atom stereocenters. The molecule has 3 rings (SSSR count). The summed E-state index contributed by atoms with van der Waals surface area (Å²) in [6, 6.07) is 15.8. The Morgan fingerprint density at radius 1 is 1.17 bits per heavy atom. The van der Waals surface area contributed by atoms with Gasteiger partial charge in [-0.1, -0.05) is 42.5 Å². The van der Waals surface area contributed by atoms with Gasteiger partial charge < -0.3 is 10.0 Å². The Kier molecular flexibility index (Phi) is 4.09. The van der Waals surface area contributed by atoms with Crippen LogP contribution in [0.5, 0.6) is 0 Å². The highest BCUT2D eigenvalue weighted by Gasteiger charge is 2.52. The highest BCUT2D eigenvalue weighted by Crippen LogP contribution is 2.41. The van der Waals surface area contributed by atoms with Crippen LogP contribution in [0.2, 0.25) is 0 Å². The van der Waals surface area contributed by atoms with Crippen molar-refractivity contribution in [3.63, 3.8) is 0 Å². The van der Waals surface area contributed by atoms with Crippen LogP contribution in [0.1, 0.15) is 21.8 Å². The Hall–Kier alpha value is -2.71. The van der Waals surface area contributed by atoms with Crippen LogP contribution in [0.25, 0.3) is 0 Å². The molecule has 2 aromatic carbocycles. The molecule has 5 heteroatoms. The molecule has 0 spiro atoms. The molecule has 1 fully saturated rings. The van der Waals surface area contributed by atoms with Crippen molar-refractivity contribution in [2.75, 3.05) is 6.61 Å². The number of nitriles is 1. The van der Waals surface area contributed by atoms with Gasteiger partial charge in [0.25, 0.3) is 5.91 Å². The van der Waals surface area contributed by atoms with Crippen LogP contribution in [-0.4, -0.2) is 34.6 Å². The predicted molar refractivity (Wildman–Crippen MR) is 82.0 cm³/mol. The van der Waals surface area contributed by atoms with E-state index in [4.69, 9.17) is 0 Å². The third-order valence-corrected chi connectivity index (χ3v) is 4.25. The molecular weight excluding hydrogens is 295 g/mol. The van der Waals surface area contributed by atoms with E-state index in [0.717, 1.165) is 5.56 Å². The number of benzene rings is 2. The number of carbonyl (C=O) groups is 1. The average Bonchev–Trinajstić information content (AvgIpc) is 2.56. The molecule has 0 bridgehead atoms. The number of halogens is 1. The summed E-state index contributed by atoms with van der Waals surface area (Å²) in [6.45, 7) is -0.280. The zero-order valence-electron chi connectivity index (χ0n) is 12.3. The Balaban J connectivity index is 1.93. The van der Waals surface area contributed by atoms with Gasteiger partial charge in [0.1, 0.15) is 11.9 Å². The van der Waals surface area contributed by atoms with Crippen LogP contribution in [0, 0.1) is 17.1 Å². The van der Waals surface area contributed by atoms with E-state index in [1.807, 2.05) is 30.3 Å². The van der Waals surface area contributed by atoms with Crippen LogP contribution in [0.4, 0.5) is 4.39 Å². The van der Waals surface area contributed by atoms with E-state index in [1.165, 1.54) is 23.1 Å². The maximum atomic E-state index is 13.9. The molecule has 1 N–H and O–H groups in total. The normalized spacial score (nSPS) is 23.0. The fraction of sp³-hybridized carbons (Fsp3) is 0.222. The minimum Gasteiger partial charge on any atom is -0.394 e. The molecule has 1 amide bonds. The van der Waals surface area contributed by atoms with Crippen LogP contribution in [-0.2, 0) is 0 Å². The number of amides is 1. The summed E-state index contributed by atoms with van der Waals surface area (Å²) in [5, 5.41) is 19.1. The topological polar surface area (TPSA) is 64.3 Å². The van der Waals surface area contributed by atoms with Crippen molar-refractivity contribution in [1.82, 2.24) is 4.90 Å². The van der Waals surface area contributed by atoms with E-state index in [9.17, 15) is 19.6 Å². The molecule has 0 aliphatic carbocycles. The van der Waals surface area contributed by atoms with E-state index in [-0.39, 0.29) is 18.1 Å². The van der Waals surface area contributed by atoms with Crippen LogP contribution in [0.15, 0.2) is 54.6 Å². The van der Waals surface area contributed by atoms with Gasteiger partial charge in [0.05, 0.1) is 24.3 Å². The predicted octanol–water partition coefficient (Wildman–Crippen LogP) is 2.32. The summed E-state index contributed by atoms with van der Waals surface area (Å²) in [4.78, 5) is 13.9. The Bertz CT molecular complexity index is 757. The molecule has 0 saturated carbocycles. The second-order valence-corrected chi connectivity index (χ2v) is 5.45. The first kappa shape index (κ1) is 15.2. The number of nitrogens with zero attached hydrogens (tertiary/aromatic N) is 2. The van der Waals surface area contributed by atoms with E-state index < -0.39 is 23.8 Å². The quantitative estimate of drug-likeness (QED) is 0.946. The van der Waals surface area contributed by atoms with E-state index in [1.54, 1.807) is 6.07 Å². The summed E-state index contributed by atoms with van der Waals surface area (Å²) >= 11 is 0. The van der Waals surface area contributed by atoms with E-state index in [2.05, 4.69) is 6.07 Å². The lowest BCUT2D eigenvalue weighted by molar-refractivity contribution is -0.00618. The fourth-order valence-corrected chi connectivity index (χ4v) is 3.14. The van der Waals surface area contributed by atoms with Gasteiger partial charge >= 0.3 is 0 Å². The average molecular weight is 310 g/mol. The zero-order chi connectivity index (χ0) is 16.4. The second kappa shape index (κ2) is 6.19. The Morgan fingerprint density at radius 2 is 1.83 bits per heavy atom. The second-order valence-electron chi connectivity index (χ2n) is 5.45. The number of hydrogen-bond donors (Lipinski definition) is 1. The first-order valence-electron chi connectivity index (χ1n) is 7.31. The van der Waals surface area contributed by atoms with Crippen LogP contribution < -0.4 is 0 Å². The van der Waals surface area contributed by atoms with Crippen molar-refractivity contribution in [3.8, 4) is 6.07 Å². The molecule has 1 aliphatic heterocycles. The Labute approximate surface area is 133 Å². The van der Waals surface area contributed by atoms with Crippen LogP contribution >= 0.6 is 0 Å². The van der Waals surface area contributed by atoms with Gasteiger partial charge in [-0.15, -0.1) is 0 Å². The van der Waals surface area contributed by atoms with Gasteiger partial charge in [-0.2, -0.15) is 5.26 Å². The molecule has 1 heterocycles. The maximum absolute atomic E-state index is 13.9. The van der Waals surface area contributed by atoms with Crippen molar-refractivity contribution in [1.29, 1.82) is 5.26 Å². The van der Waals surface area contributed by atoms with E-state index in [0.29, 0.717) is 0 Å². The molecule has 0 radical (unpaired) electrons. The molecule has 0 aromatic heterocycles. The van der Waals surface area contributed by atoms with E-state index >= 15 is 0 Å². The summed E-state index contributed by atoms with van der Waals surface area (Å²) in [5.74, 6) is -1.48. The van der Waals surface area contributed by atoms with Crippen molar-refractivity contribution in [2.45, 2.75) is 18.0 Å².